The van der Waals surface area contributed by atoms with Crippen LogP contribution in [-0.4, -0.2) is 0 Å². The Labute approximate surface area is 101 Å². The second-order valence-corrected chi connectivity index (χ2v) is 4.23. The fourth-order valence-corrected chi connectivity index (χ4v) is 1.75. The van der Waals surface area contributed by atoms with Crippen LogP contribution in [0.2, 0.25) is 5.02 Å². The lowest BCUT2D eigenvalue weighted by Crippen LogP contribution is -1.99. The van der Waals surface area contributed by atoms with Gasteiger partial charge in [0.15, 0.2) is 0 Å². The molecule has 0 aromatic heterocycles. The lowest BCUT2D eigenvalue weighted by Gasteiger charge is -2.09. The minimum Gasteiger partial charge on any atom is -0.380 e. The first-order chi connectivity index (χ1) is 7.75. The van der Waals surface area contributed by atoms with Crippen LogP contribution in [0, 0.1) is 6.92 Å². The van der Waals surface area contributed by atoms with Crippen LogP contribution in [-0.2, 0) is 6.54 Å². The van der Waals surface area contributed by atoms with Crippen LogP contribution in [0.5, 0.6) is 0 Å². The van der Waals surface area contributed by atoms with Gasteiger partial charge in [0.2, 0.25) is 0 Å². The molecule has 0 atom stereocenters. The summed E-state index contributed by atoms with van der Waals surface area (Å²) >= 11 is 6.10. The van der Waals surface area contributed by atoms with Gasteiger partial charge in [-0.05, 0) is 30.2 Å². The van der Waals surface area contributed by atoms with Gasteiger partial charge in [0.05, 0.1) is 10.7 Å². The van der Waals surface area contributed by atoms with Crippen LogP contribution in [0.1, 0.15) is 11.1 Å². The molecule has 0 aliphatic heterocycles. The first kappa shape index (κ1) is 11.0. The molecule has 2 aromatic rings. The summed E-state index contributed by atoms with van der Waals surface area (Å²) in [5, 5.41) is 4.10. The average molecular weight is 232 g/mol. The van der Waals surface area contributed by atoms with Gasteiger partial charge in [-0.25, -0.2) is 0 Å². The second kappa shape index (κ2) is 5.04. The highest BCUT2D eigenvalue weighted by molar-refractivity contribution is 6.33. The molecule has 0 heterocycles. The van der Waals surface area contributed by atoms with E-state index in [0.29, 0.717) is 0 Å². The molecule has 1 N–H and O–H groups in total. The van der Waals surface area contributed by atoms with E-state index in [2.05, 4.69) is 30.4 Å². The molecule has 0 unspecified atom stereocenters. The first-order valence-electron chi connectivity index (χ1n) is 5.29. The van der Waals surface area contributed by atoms with E-state index in [4.69, 9.17) is 11.6 Å². The lowest BCUT2D eigenvalue weighted by molar-refractivity contribution is 1.15. The van der Waals surface area contributed by atoms with Gasteiger partial charge in [0.25, 0.3) is 0 Å². The molecule has 0 aliphatic rings. The summed E-state index contributed by atoms with van der Waals surface area (Å²) in [5.41, 5.74) is 3.45. The fourth-order valence-electron chi connectivity index (χ4n) is 1.57. The van der Waals surface area contributed by atoms with Crippen LogP contribution in [0.4, 0.5) is 5.69 Å². The van der Waals surface area contributed by atoms with Crippen LogP contribution in [0.15, 0.2) is 48.5 Å². The van der Waals surface area contributed by atoms with Crippen molar-refractivity contribution in [2.75, 3.05) is 5.32 Å². The van der Waals surface area contributed by atoms with E-state index in [9.17, 15) is 0 Å². The van der Waals surface area contributed by atoms with Crippen molar-refractivity contribution in [3.8, 4) is 0 Å². The average Bonchev–Trinajstić information content (AvgIpc) is 2.32. The zero-order valence-electron chi connectivity index (χ0n) is 9.20. The maximum absolute atomic E-state index is 6.10. The van der Waals surface area contributed by atoms with E-state index in [1.807, 2.05) is 30.3 Å². The summed E-state index contributed by atoms with van der Waals surface area (Å²) in [7, 11) is 0. The zero-order chi connectivity index (χ0) is 11.4. The fraction of sp³-hybridized carbons (Fsp3) is 0.143. The number of aryl methyl sites for hydroxylation is 1. The van der Waals surface area contributed by atoms with Gasteiger partial charge in [-0.2, -0.15) is 0 Å². The Morgan fingerprint density at radius 2 is 1.81 bits per heavy atom. The molecule has 0 saturated heterocycles. The summed E-state index contributed by atoms with van der Waals surface area (Å²) in [6.07, 6.45) is 0. The highest BCUT2D eigenvalue weighted by Gasteiger charge is 1.99. The van der Waals surface area contributed by atoms with E-state index in [0.717, 1.165) is 17.3 Å². The Hall–Kier alpha value is -1.47. The largest absolute Gasteiger partial charge is 0.380 e. The van der Waals surface area contributed by atoms with E-state index in [1.54, 1.807) is 0 Å². The Balaban J connectivity index is 2.08. The van der Waals surface area contributed by atoms with Gasteiger partial charge in [-0.1, -0.05) is 48.0 Å². The molecule has 0 bridgehead atoms. The summed E-state index contributed by atoms with van der Waals surface area (Å²) in [6.45, 7) is 2.86. The van der Waals surface area contributed by atoms with Crippen LogP contribution in [0.25, 0.3) is 0 Å². The summed E-state index contributed by atoms with van der Waals surface area (Å²) in [6, 6.07) is 16.3. The third-order valence-corrected chi connectivity index (χ3v) is 2.78. The van der Waals surface area contributed by atoms with Gasteiger partial charge in [0, 0.05) is 6.54 Å². The summed E-state index contributed by atoms with van der Waals surface area (Å²) in [5.74, 6) is 0. The Morgan fingerprint density at radius 1 is 1.06 bits per heavy atom. The maximum Gasteiger partial charge on any atom is 0.0637 e. The first-order valence-corrected chi connectivity index (χ1v) is 5.67. The number of nitrogens with one attached hydrogen (secondary N) is 1. The summed E-state index contributed by atoms with van der Waals surface area (Å²) < 4.78 is 0. The number of halogens is 1. The van der Waals surface area contributed by atoms with Crippen molar-refractivity contribution in [2.45, 2.75) is 13.5 Å². The predicted octanol–water partition coefficient (Wildman–Crippen LogP) is 4.26. The Morgan fingerprint density at radius 3 is 2.56 bits per heavy atom. The normalized spacial score (nSPS) is 10.1. The molecular formula is C14H14ClN. The zero-order valence-corrected chi connectivity index (χ0v) is 9.96. The molecule has 0 fully saturated rings. The highest BCUT2D eigenvalue weighted by atomic mass is 35.5. The van der Waals surface area contributed by atoms with E-state index < -0.39 is 0 Å². The van der Waals surface area contributed by atoms with Gasteiger partial charge < -0.3 is 5.32 Å². The van der Waals surface area contributed by atoms with Crippen molar-refractivity contribution in [3.05, 3.63) is 64.7 Å². The van der Waals surface area contributed by atoms with Crippen LogP contribution >= 0.6 is 11.6 Å². The van der Waals surface area contributed by atoms with Crippen molar-refractivity contribution in [2.24, 2.45) is 0 Å². The topological polar surface area (TPSA) is 12.0 Å². The summed E-state index contributed by atoms with van der Waals surface area (Å²) in [4.78, 5) is 0. The van der Waals surface area contributed by atoms with E-state index >= 15 is 0 Å². The van der Waals surface area contributed by atoms with Crippen LogP contribution in [0.3, 0.4) is 0 Å². The highest BCUT2D eigenvalue weighted by Crippen LogP contribution is 2.23. The van der Waals surface area contributed by atoms with Crippen molar-refractivity contribution < 1.29 is 0 Å². The molecule has 0 radical (unpaired) electrons. The van der Waals surface area contributed by atoms with Gasteiger partial charge in [0.1, 0.15) is 0 Å². The van der Waals surface area contributed by atoms with Crippen molar-refractivity contribution in [1.29, 1.82) is 0 Å². The third kappa shape index (κ3) is 2.77. The van der Waals surface area contributed by atoms with Gasteiger partial charge in [-0.15, -0.1) is 0 Å². The monoisotopic (exact) mass is 231 g/mol. The van der Waals surface area contributed by atoms with E-state index in [1.165, 1.54) is 11.1 Å². The molecule has 0 saturated carbocycles. The Bertz CT molecular complexity index is 465. The maximum atomic E-state index is 6.10. The van der Waals surface area contributed by atoms with Crippen LogP contribution < -0.4 is 5.32 Å². The van der Waals surface area contributed by atoms with E-state index in [-0.39, 0.29) is 0 Å². The quantitative estimate of drug-likeness (QED) is 0.832. The van der Waals surface area contributed by atoms with Gasteiger partial charge >= 0.3 is 0 Å². The standard InChI is InChI=1S/C14H14ClN/c1-11-7-8-13(15)14(9-11)16-10-12-5-3-2-4-6-12/h2-9,16H,10H2,1H3. The van der Waals surface area contributed by atoms with Crippen molar-refractivity contribution in [1.82, 2.24) is 0 Å². The molecule has 0 spiro atoms. The van der Waals surface area contributed by atoms with Crippen molar-refractivity contribution >= 4 is 17.3 Å². The SMILES string of the molecule is Cc1ccc(Cl)c(NCc2ccccc2)c1. The minimum absolute atomic E-state index is 0.765. The molecule has 82 valence electrons. The third-order valence-electron chi connectivity index (χ3n) is 2.45. The molecular weight excluding hydrogens is 218 g/mol. The van der Waals surface area contributed by atoms with Gasteiger partial charge in [-0.3, -0.25) is 0 Å². The molecule has 2 heteroatoms. The Kier molecular flexibility index (Phi) is 3.47. The molecule has 2 aromatic carbocycles. The second-order valence-electron chi connectivity index (χ2n) is 3.82. The number of anilines is 1. The lowest BCUT2D eigenvalue weighted by atomic mass is 10.2. The smallest absolute Gasteiger partial charge is 0.0637 e. The number of rotatable bonds is 3. The number of hydrogen-bond acceptors (Lipinski definition) is 1. The van der Waals surface area contributed by atoms with Crippen molar-refractivity contribution in [3.63, 3.8) is 0 Å². The predicted molar refractivity (Wildman–Crippen MR) is 70.0 cm³/mol. The molecule has 1 nitrogen and oxygen atoms in total. The molecule has 0 aliphatic carbocycles. The number of benzene rings is 2. The molecule has 0 amide bonds. The minimum atomic E-state index is 0.765. The molecule has 16 heavy (non-hydrogen) atoms. The molecule has 2 rings (SSSR count). The number of hydrogen-bond donors (Lipinski definition) is 1.